The third-order valence-corrected chi connectivity index (χ3v) is 4.15. The Kier molecular flexibility index (Phi) is 6.75. The van der Waals surface area contributed by atoms with Crippen LogP contribution in [0.4, 0.5) is 38.1 Å². The second kappa shape index (κ2) is 9.51. The fourth-order valence-corrected chi connectivity index (χ4v) is 2.63. The summed E-state index contributed by atoms with van der Waals surface area (Å²) >= 11 is 0. The number of amides is 3. The predicted molar refractivity (Wildman–Crippen MR) is 108 cm³/mol. The molecule has 0 unspecified atom stereocenters. The maximum Gasteiger partial charge on any atom is 0.419 e. The third-order valence-electron chi connectivity index (χ3n) is 4.15. The summed E-state index contributed by atoms with van der Waals surface area (Å²) in [6, 6.07) is 7.08. The number of ether oxygens (including phenoxy) is 1. The Morgan fingerprint density at radius 3 is 2.30 bits per heavy atom. The van der Waals surface area contributed by atoms with Gasteiger partial charge in [0.05, 0.1) is 11.3 Å². The molecule has 0 fully saturated rings. The van der Waals surface area contributed by atoms with E-state index in [9.17, 15) is 31.5 Å². The lowest BCUT2D eigenvalue weighted by atomic mass is 10.2. The second-order valence-electron chi connectivity index (χ2n) is 6.47. The van der Waals surface area contributed by atoms with Gasteiger partial charge in [-0.1, -0.05) is 0 Å². The Morgan fingerprint density at radius 2 is 1.64 bits per heavy atom. The summed E-state index contributed by atoms with van der Waals surface area (Å²) < 4.78 is 71.6. The number of carbonyl (C=O) groups excluding carboxylic acids is 2. The van der Waals surface area contributed by atoms with Gasteiger partial charge < -0.3 is 20.7 Å². The van der Waals surface area contributed by atoms with Crippen LogP contribution in [0.1, 0.15) is 16.1 Å². The Bertz CT molecular complexity index is 1200. The standard InChI is InChI=1S/C21H15F5N4O3/c1-27-19(31)18-10-13(6-7-28-18)33-12-3-5-17(16(23)9-12)30-20(32)29-11-2-4-15(22)14(8-11)21(24,25)26/h2-10H,1H3,(H,27,31)(H2,29,30,32). The van der Waals surface area contributed by atoms with Gasteiger partial charge in [0.15, 0.2) is 0 Å². The highest BCUT2D eigenvalue weighted by molar-refractivity contribution is 5.99. The van der Waals surface area contributed by atoms with E-state index in [1.165, 1.54) is 31.4 Å². The molecule has 0 saturated carbocycles. The molecule has 1 heterocycles. The molecule has 12 heteroatoms. The van der Waals surface area contributed by atoms with E-state index in [1.807, 2.05) is 0 Å². The first-order valence-electron chi connectivity index (χ1n) is 9.17. The summed E-state index contributed by atoms with van der Waals surface area (Å²) in [5.74, 6) is -2.59. The van der Waals surface area contributed by atoms with Gasteiger partial charge in [0.1, 0.15) is 28.8 Å². The molecule has 0 saturated heterocycles. The van der Waals surface area contributed by atoms with Crippen molar-refractivity contribution in [1.82, 2.24) is 10.3 Å². The number of hydrogen-bond donors (Lipinski definition) is 3. The molecule has 0 bridgehead atoms. The molecule has 0 radical (unpaired) electrons. The van der Waals surface area contributed by atoms with Gasteiger partial charge in [0.2, 0.25) is 0 Å². The minimum atomic E-state index is -4.95. The third kappa shape index (κ3) is 5.93. The highest BCUT2D eigenvalue weighted by Crippen LogP contribution is 2.33. The van der Waals surface area contributed by atoms with Crippen LogP contribution in [0.15, 0.2) is 54.7 Å². The number of aromatic nitrogens is 1. The van der Waals surface area contributed by atoms with Crippen molar-refractivity contribution in [2.24, 2.45) is 0 Å². The number of nitrogens with zero attached hydrogens (tertiary/aromatic N) is 1. The van der Waals surface area contributed by atoms with E-state index in [-0.39, 0.29) is 28.6 Å². The van der Waals surface area contributed by atoms with Crippen LogP contribution >= 0.6 is 0 Å². The Morgan fingerprint density at radius 1 is 0.909 bits per heavy atom. The van der Waals surface area contributed by atoms with Crippen molar-refractivity contribution in [2.75, 3.05) is 17.7 Å². The first kappa shape index (κ1) is 23.4. The van der Waals surface area contributed by atoms with E-state index in [4.69, 9.17) is 4.74 Å². The molecular weight excluding hydrogens is 451 g/mol. The fourth-order valence-electron chi connectivity index (χ4n) is 2.63. The molecule has 0 aliphatic heterocycles. The van der Waals surface area contributed by atoms with E-state index in [0.29, 0.717) is 12.1 Å². The van der Waals surface area contributed by atoms with Crippen molar-refractivity contribution in [3.05, 3.63) is 77.6 Å². The van der Waals surface area contributed by atoms with Crippen LogP contribution in [-0.2, 0) is 6.18 Å². The van der Waals surface area contributed by atoms with Crippen LogP contribution < -0.4 is 20.7 Å². The van der Waals surface area contributed by atoms with Crippen molar-refractivity contribution in [3.63, 3.8) is 0 Å². The lowest BCUT2D eigenvalue weighted by Crippen LogP contribution is -2.20. The topological polar surface area (TPSA) is 92.4 Å². The maximum atomic E-state index is 14.4. The summed E-state index contributed by atoms with van der Waals surface area (Å²) in [5, 5.41) is 6.61. The number of alkyl halides is 3. The number of nitrogens with one attached hydrogen (secondary N) is 3. The Balaban J connectivity index is 1.68. The molecule has 3 amide bonds. The van der Waals surface area contributed by atoms with E-state index >= 15 is 0 Å². The van der Waals surface area contributed by atoms with Gasteiger partial charge in [-0.05, 0) is 36.4 Å². The highest BCUT2D eigenvalue weighted by Gasteiger charge is 2.34. The van der Waals surface area contributed by atoms with E-state index < -0.39 is 35.3 Å². The number of hydrogen-bond acceptors (Lipinski definition) is 4. The zero-order valence-electron chi connectivity index (χ0n) is 16.8. The Labute approximate surface area is 183 Å². The molecule has 33 heavy (non-hydrogen) atoms. The molecule has 0 spiro atoms. The van der Waals surface area contributed by atoms with Gasteiger partial charge in [0, 0.05) is 31.1 Å². The summed E-state index contributed by atoms with van der Waals surface area (Å²) in [7, 11) is 1.43. The maximum absolute atomic E-state index is 14.4. The first-order chi connectivity index (χ1) is 15.6. The van der Waals surface area contributed by atoms with Crippen molar-refractivity contribution < 1.29 is 36.3 Å². The van der Waals surface area contributed by atoms with Crippen molar-refractivity contribution in [2.45, 2.75) is 6.18 Å². The molecule has 0 atom stereocenters. The van der Waals surface area contributed by atoms with Crippen LogP contribution in [0.2, 0.25) is 0 Å². The van der Waals surface area contributed by atoms with Crippen LogP contribution in [0.3, 0.4) is 0 Å². The molecule has 0 aliphatic rings. The zero-order valence-corrected chi connectivity index (χ0v) is 16.8. The van der Waals surface area contributed by atoms with Crippen molar-refractivity contribution in [3.8, 4) is 11.5 Å². The molecule has 3 rings (SSSR count). The van der Waals surface area contributed by atoms with Gasteiger partial charge in [-0.2, -0.15) is 13.2 Å². The van der Waals surface area contributed by atoms with E-state index in [0.717, 1.165) is 18.2 Å². The fraction of sp³-hybridized carbons (Fsp3) is 0.0952. The average molecular weight is 466 g/mol. The van der Waals surface area contributed by atoms with Gasteiger partial charge in [0.25, 0.3) is 5.91 Å². The number of benzene rings is 2. The first-order valence-corrected chi connectivity index (χ1v) is 9.17. The average Bonchev–Trinajstić information content (AvgIpc) is 2.76. The molecule has 3 N–H and O–H groups in total. The molecule has 3 aromatic rings. The Hall–Kier alpha value is -4.22. The van der Waals surface area contributed by atoms with E-state index in [2.05, 4.69) is 20.9 Å². The summed E-state index contributed by atoms with van der Waals surface area (Å²) in [5.41, 5.74) is -2.10. The quantitative estimate of drug-likeness (QED) is 0.452. The van der Waals surface area contributed by atoms with Gasteiger partial charge in [-0.3, -0.25) is 9.78 Å². The molecule has 172 valence electrons. The largest absolute Gasteiger partial charge is 0.457 e. The number of halogens is 5. The van der Waals surface area contributed by atoms with Crippen LogP contribution in [-0.4, -0.2) is 24.0 Å². The van der Waals surface area contributed by atoms with Gasteiger partial charge in [-0.25, -0.2) is 13.6 Å². The lowest BCUT2D eigenvalue weighted by Gasteiger charge is -2.12. The van der Waals surface area contributed by atoms with Crippen molar-refractivity contribution >= 4 is 23.3 Å². The monoisotopic (exact) mass is 466 g/mol. The summed E-state index contributed by atoms with van der Waals surface area (Å²) in [6.07, 6.45) is -3.62. The minimum Gasteiger partial charge on any atom is -0.457 e. The normalized spacial score (nSPS) is 11.0. The molecule has 2 aromatic carbocycles. The number of urea groups is 1. The van der Waals surface area contributed by atoms with Gasteiger partial charge in [-0.15, -0.1) is 0 Å². The molecular formula is C21H15F5N4O3. The second-order valence-corrected chi connectivity index (χ2v) is 6.47. The number of pyridine rings is 1. The van der Waals surface area contributed by atoms with Gasteiger partial charge >= 0.3 is 12.2 Å². The lowest BCUT2D eigenvalue weighted by molar-refractivity contribution is -0.139. The van der Waals surface area contributed by atoms with E-state index in [1.54, 1.807) is 0 Å². The van der Waals surface area contributed by atoms with Crippen LogP contribution in [0, 0.1) is 11.6 Å². The van der Waals surface area contributed by atoms with Crippen molar-refractivity contribution in [1.29, 1.82) is 0 Å². The summed E-state index contributed by atoms with van der Waals surface area (Å²) in [6.45, 7) is 0. The summed E-state index contributed by atoms with van der Waals surface area (Å²) in [4.78, 5) is 27.5. The van der Waals surface area contributed by atoms with Crippen LogP contribution in [0.25, 0.3) is 0 Å². The molecule has 7 nitrogen and oxygen atoms in total. The number of carbonyl (C=O) groups is 2. The zero-order chi connectivity index (χ0) is 24.2. The molecule has 0 aliphatic carbocycles. The SMILES string of the molecule is CNC(=O)c1cc(Oc2ccc(NC(=O)Nc3ccc(F)c(C(F)(F)F)c3)c(F)c2)ccn1. The van der Waals surface area contributed by atoms with Crippen LogP contribution in [0.5, 0.6) is 11.5 Å². The predicted octanol–water partition coefficient (Wildman–Crippen LogP) is 5.17. The smallest absolute Gasteiger partial charge is 0.419 e. The highest BCUT2D eigenvalue weighted by atomic mass is 19.4. The molecule has 1 aromatic heterocycles. The minimum absolute atomic E-state index is 0.0425. The number of anilines is 2. The number of rotatable bonds is 5.